The third kappa shape index (κ3) is 5.83. The number of sulfonamides is 1. The first-order valence-electron chi connectivity index (χ1n) is 10.5. The van der Waals surface area contributed by atoms with E-state index in [4.69, 9.17) is 0 Å². The average Bonchev–Trinajstić information content (AvgIpc) is 3.22. The lowest BCUT2D eigenvalue weighted by molar-refractivity contribution is -0.118. The van der Waals surface area contributed by atoms with Crippen molar-refractivity contribution in [3.05, 3.63) is 54.1 Å². The van der Waals surface area contributed by atoms with Crippen LogP contribution in [0.5, 0.6) is 0 Å². The van der Waals surface area contributed by atoms with Crippen molar-refractivity contribution in [2.75, 3.05) is 23.3 Å². The molecule has 1 amide bonds. The molecule has 1 saturated heterocycles. The Morgan fingerprint density at radius 3 is 2.17 bits per heavy atom. The quantitative estimate of drug-likeness (QED) is 0.667. The van der Waals surface area contributed by atoms with Crippen molar-refractivity contribution in [3.8, 4) is 0 Å². The topological polar surface area (TPSA) is 78.5 Å². The maximum Gasteiger partial charge on any atom is 0.242 e. The van der Waals surface area contributed by atoms with Gasteiger partial charge in [-0.2, -0.15) is 4.72 Å². The highest BCUT2D eigenvalue weighted by molar-refractivity contribution is 7.89. The number of carbonyl (C=O) groups is 1. The maximum atomic E-state index is 12.9. The summed E-state index contributed by atoms with van der Waals surface area (Å²) in [6, 6.07) is 13.5. The number of hydrogen-bond donors (Lipinski definition) is 2. The smallest absolute Gasteiger partial charge is 0.242 e. The molecular formula is C23H31N3O3S. The second-order valence-corrected chi connectivity index (χ2v) is 10.1. The second-order valence-electron chi connectivity index (χ2n) is 8.35. The van der Waals surface area contributed by atoms with E-state index in [2.05, 4.69) is 14.9 Å². The van der Waals surface area contributed by atoms with Crippen LogP contribution in [0.15, 0.2) is 53.4 Å². The van der Waals surface area contributed by atoms with E-state index in [-0.39, 0.29) is 16.7 Å². The lowest BCUT2D eigenvalue weighted by atomic mass is 10.0. The van der Waals surface area contributed by atoms with Gasteiger partial charge in [0.25, 0.3) is 0 Å². The minimum atomic E-state index is -3.79. The first-order valence-corrected chi connectivity index (χ1v) is 12.0. The predicted molar refractivity (Wildman–Crippen MR) is 121 cm³/mol. The van der Waals surface area contributed by atoms with Crippen LogP contribution < -0.4 is 14.9 Å². The fraction of sp³-hybridized carbons (Fsp3) is 0.435. The molecule has 1 aliphatic heterocycles. The number of carbonyl (C=O) groups excluding carboxylic acids is 1. The number of hydrogen-bond acceptors (Lipinski definition) is 4. The van der Waals surface area contributed by atoms with Gasteiger partial charge in [-0.1, -0.05) is 31.5 Å². The lowest BCUT2D eigenvalue weighted by Gasteiger charge is -2.21. The van der Waals surface area contributed by atoms with Gasteiger partial charge < -0.3 is 10.2 Å². The van der Waals surface area contributed by atoms with Crippen LogP contribution in [0.2, 0.25) is 0 Å². The number of anilines is 2. The molecule has 0 aromatic heterocycles. The zero-order valence-corrected chi connectivity index (χ0v) is 18.7. The zero-order chi connectivity index (χ0) is 21.7. The summed E-state index contributed by atoms with van der Waals surface area (Å²) in [5.74, 6) is -0.202. The van der Waals surface area contributed by atoms with Gasteiger partial charge in [0.2, 0.25) is 15.9 Å². The Balaban J connectivity index is 1.71. The zero-order valence-electron chi connectivity index (χ0n) is 17.9. The number of aryl methyl sites for hydroxylation is 1. The monoisotopic (exact) mass is 429 g/mol. The van der Waals surface area contributed by atoms with Gasteiger partial charge in [-0.25, -0.2) is 8.42 Å². The van der Waals surface area contributed by atoms with Gasteiger partial charge in [0, 0.05) is 24.5 Å². The van der Waals surface area contributed by atoms with Gasteiger partial charge in [0.05, 0.1) is 4.90 Å². The molecule has 2 aromatic rings. The molecule has 0 radical (unpaired) electrons. The van der Waals surface area contributed by atoms with Gasteiger partial charge in [0.15, 0.2) is 0 Å². The van der Waals surface area contributed by atoms with Crippen molar-refractivity contribution < 1.29 is 13.2 Å². The van der Waals surface area contributed by atoms with Gasteiger partial charge in [-0.3, -0.25) is 4.79 Å². The van der Waals surface area contributed by atoms with Gasteiger partial charge >= 0.3 is 0 Å². The summed E-state index contributed by atoms with van der Waals surface area (Å²) in [7, 11) is -3.79. The van der Waals surface area contributed by atoms with E-state index in [0.29, 0.717) is 12.1 Å². The first-order chi connectivity index (χ1) is 14.2. The van der Waals surface area contributed by atoms with E-state index >= 15 is 0 Å². The molecule has 1 atom stereocenters. The molecular weight excluding hydrogens is 398 g/mol. The number of rotatable bonds is 8. The van der Waals surface area contributed by atoms with Crippen LogP contribution in [0, 0.1) is 12.8 Å². The second kappa shape index (κ2) is 9.62. The van der Waals surface area contributed by atoms with E-state index in [1.807, 2.05) is 45.0 Å². The molecule has 0 bridgehead atoms. The molecule has 6 nitrogen and oxygen atoms in total. The van der Waals surface area contributed by atoms with Crippen molar-refractivity contribution in [3.63, 3.8) is 0 Å². The fourth-order valence-electron chi connectivity index (χ4n) is 3.61. The summed E-state index contributed by atoms with van der Waals surface area (Å²) < 4.78 is 28.2. The summed E-state index contributed by atoms with van der Waals surface area (Å²) in [5.41, 5.74) is 2.78. The normalized spacial score (nSPS) is 15.4. The highest BCUT2D eigenvalue weighted by Gasteiger charge is 2.26. The molecule has 0 saturated carbocycles. The molecule has 1 fully saturated rings. The lowest BCUT2D eigenvalue weighted by Crippen LogP contribution is -2.44. The van der Waals surface area contributed by atoms with Crippen molar-refractivity contribution in [1.82, 2.24) is 4.72 Å². The Kier molecular flexibility index (Phi) is 7.15. The molecule has 1 aliphatic rings. The van der Waals surface area contributed by atoms with Gasteiger partial charge in [-0.15, -0.1) is 0 Å². The Morgan fingerprint density at radius 1 is 1.00 bits per heavy atom. The van der Waals surface area contributed by atoms with Crippen LogP contribution in [-0.2, 0) is 14.8 Å². The van der Waals surface area contributed by atoms with Crippen LogP contribution in [-0.4, -0.2) is 33.5 Å². The summed E-state index contributed by atoms with van der Waals surface area (Å²) in [5, 5.41) is 2.86. The maximum absolute atomic E-state index is 12.9. The Morgan fingerprint density at radius 2 is 1.60 bits per heavy atom. The van der Waals surface area contributed by atoms with Crippen LogP contribution >= 0.6 is 0 Å². The van der Waals surface area contributed by atoms with E-state index in [9.17, 15) is 13.2 Å². The third-order valence-corrected chi connectivity index (χ3v) is 6.75. The van der Waals surface area contributed by atoms with Crippen LogP contribution in [0.3, 0.4) is 0 Å². The Hall–Kier alpha value is -2.38. The van der Waals surface area contributed by atoms with Gasteiger partial charge in [0.1, 0.15) is 6.04 Å². The van der Waals surface area contributed by atoms with Crippen molar-refractivity contribution in [1.29, 1.82) is 0 Å². The van der Waals surface area contributed by atoms with Crippen molar-refractivity contribution in [2.24, 2.45) is 5.92 Å². The first kappa shape index (κ1) is 22.3. The Bertz CT molecular complexity index is 948. The van der Waals surface area contributed by atoms with Crippen LogP contribution in [0.4, 0.5) is 11.4 Å². The molecule has 2 N–H and O–H groups in total. The SMILES string of the molecule is Cc1ccc(S(=O)(=O)NC(CC(C)C)C(=O)Nc2ccc(N3CCCC3)cc2)cc1. The summed E-state index contributed by atoms with van der Waals surface area (Å²) >= 11 is 0. The summed E-state index contributed by atoms with van der Waals surface area (Å²) in [4.78, 5) is 15.4. The number of nitrogens with zero attached hydrogens (tertiary/aromatic N) is 1. The molecule has 0 spiro atoms. The molecule has 162 valence electrons. The largest absolute Gasteiger partial charge is 0.372 e. The Labute approximate surface area is 179 Å². The van der Waals surface area contributed by atoms with E-state index in [1.54, 1.807) is 24.3 Å². The molecule has 2 aromatic carbocycles. The molecule has 1 unspecified atom stereocenters. The number of benzene rings is 2. The van der Waals surface area contributed by atoms with Crippen molar-refractivity contribution in [2.45, 2.75) is 51.0 Å². The standard InChI is InChI=1S/C23H31N3O3S/c1-17(2)16-22(25-30(28,29)21-12-6-18(3)7-13-21)23(27)24-19-8-10-20(11-9-19)26-14-4-5-15-26/h6-13,17,22,25H,4-5,14-16H2,1-3H3,(H,24,27). The minimum Gasteiger partial charge on any atom is -0.372 e. The van der Waals surface area contributed by atoms with E-state index in [1.165, 1.54) is 12.8 Å². The predicted octanol–water partition coefficient (Wildman–Crippen LogP) is 3.93. The molecule has 30 heavy (non-hydrogen) atoms. The van der Waals surface area contributed by atoms with E-state index in [0.717, 1.165) is 24.3 Å². The van der Waals surface area contributed by atoms with E-state index < -0.39 is 16.1 Å². The molecule has 0 aliphatic carbocycles. The number of amides is 1. The summed E-state index contributed by atoms with van der Waals surface area (Å²) in [6.07, 6.45) is 2.82. The highest BCUT2D eigenvalue weighted by Crippen LogP contribution is 2.22. The average molecular weight is 430 g/mol. The fourth-order valence-corrected chi connectivity index (χ4v) is 4.82. The van der Waals surface area contributed by atoms with Crippen LogP contribution in [0.1, 0.15) is 38.7 Å². The molecule has 7 heteroatoms. The van der Waals surface area contributed by atoms with Crippen molar-refractivity contribution >= 4 is 27.3 Å². The molecule has 3 rings (SSSR count). The highest BCUT2D eigenvalue weighted by atomic mass is 32.2. The number of nitrogens with one attached hydrogen (secondary N) is 2. The third-order valence-electron chi connectivity index (χ3n) is 5.26. The molecule has 1 heterocycles. The minimum absolute atomic E-state index is 0.152. The van der Waals surface area contributed by atoms with Crippen LogP contribution in [0.25, 0.3) is 0 Å². The summed E-state index contributed by atoms with van der Waals surface area (Å²) in [6.45, 7) is 7.94. The van der Waals surface area contributed by atoms with Gasteiger partial charge in [-0.05, 0) is 68.5 Å².